The molecule has 0 aliphatic carbocycles. The van der Waals surface area contributed by atoms with Crippen molar-refractivity contribution in [1.29, 1.82) is 0 Å². The topological polar surface area (TPSA) is 64.1 Å². The standard InChI is InChI=1S/C16H25N3O3.HI/c1-16(10-22-11-16)9-19-15(17-2)18-8-12-5-6-13(20-3)14(7-12)21-4;/h5-7H,8-11H2,1-4H3,(H2,17,18,19);1H. The highest BCUT2D eigenvalue weighted by molar-refractivity contribution is 14.0. The average Bonchev–Trinajstić information content (AvgIpc) is 2.52. The predicted octanol–water partition coefficient (Wildman–Crippen LogP) is 2.02. The van der Waals surface area contributed by atoms with E-state index in [0.717, 1.165) is 42.8 Å². The van der Waals surface area contributed by atoms with E-state index >= 15 is 0 Å². The molecule has 0 aromatic heterocycles. The highest BCUT2D eigenvalue weighted by atomic mass is 127. The van der Waals surface area contributed by atoms with Crippen LogP contribution in [-0.4, -0.2) is 47.0 Å². The van der Waals surface area contributed by atoms with Crippen LogP contribution in [0.4, 0.5) is 0 Å². The number of nitrogens with zero attached hydrogens (tertiary/aromatic N) is 1. The largest absolute Gasteiger partial charge is 0.493 e. The summed E-state index contributed by atoms with van der Waals surface area (Å²) < 4.78 is 15.8. The Morgan fingerprint density at radius 2 is 1.91 bits per heavy atom. The quantitative estimate of drug-likeness (QED) is 0.407. The SMILES string of the molecule is CN=C(NCc1ccc(OC)c(OC)c1)NCC1(C)COC1.I. The summed E-state index contributed by atoms with van der Waals surface area (Å²) in [7, 11) is 5.03. The van der Waals surface area contributed by atoms with Crippen molar-refractivity contribution in [1.82, 2.24) is 10.6 Å². The van der Waals surface area contributed by atoms with Gasteiger partial charge in [0.25, 0.3) is 0 Å². The Kier molecular flexibility index (Phi) is 7.90. The molecule has 1 aromatic rings. The van der Waals surface area contributed by atoms with Crippen LogP contribution in [0.5, 0.6) is 11.5 Å². The summed E-state index contributed by atoms with van der Waals surface area (Å²) in [4.78, 5) is 4.24. The Bertz CT molecular complexity index is 533. The molecular formula is C16H26IN3O3. The molecule has 0 bridgehead atoms. The van der Waals surface area contributed by atoms with Gasteiger partial charge in [0.15, 0.2) is 17.5 Å². The second-order valence-electron chi connectivity index (χ2n) is 5.77. The summed E-state index contributed by atoms with van der Waals surface area (Å²) in [6, 6.07) is 5.86. The Labute approximate surface area is 155 Å². The van der Waals surface area contributed by atoms with Gasteiger partial charge in [-0.1, -0.05) is 13.0 Å². The first-order valence-electron chi connectivity index (χ1n) is 7.33. The molecule has 0 radical (unpaired) electrons. The molecule has 2 rings (SSSR count). The highest BCUT2D eigenvalue weighted by Crippen LogP contribution is 2.27. The van der Waals surface area contributed by atoms with Crippen molar-refractivity contribution < 1.29 is 14.2 Å². The molecule has 6 nitrogen and oxygen atoms in total. The smallest absolute Gasteiger partial charge is 0.191 e. The Hall–Kier alpha value is -1.22. The van der Waals surface area contributed by atoms with Crippen LogP contribution in [-0.2, 0) is 11.3 Å². The number of nitrogens with one attached hydrogen (secondary N) is 2. The number of ether oxygens (including phenoxy) is 3. The maximum absolute atomic E-state index is 5.31. The van der Waals surface area contributed by atoms with Gasteiger partial charge in [-0.2, -0.15) is 0 Å². The number of halogens is 1. The lowest BCUT2D eigenvalue weighted by atomic mass is 9.89. The van der Waals surface area contributed by atoms with E-state index < -0.39 is 0 Å². The summed E-state index contributed by atoms with van der Waals surface area (Å²) in [6.45, 7) is 5.30. The second-order valence-corrected chi connectivity index (χ2v) is 5.77. The van der Waals surface area contributed by atoms with Gasteiger partial charge in [0.1, 0.15) is 0 Å². The van der Waals surface area contributed by atoms with Gasteiger partial charge in [-0.05, 0) is 17.7 Å². The van der Waals surface area contributed by atoms with Crippen molar-refractivity contribution in [3.05, 3.63) is 23.8 Å². The zero-order valence-electron chi connectivity index (χ0n) is 14.1. The summed E-state index contributed by atoms with van der Waals surface area (Å²) in [5.41, 5.74) is 1.31. The minimum atomic E-state index is 0. The fourth-order valence-electron chi connectivity index (χ4n) is 2.25. The molecule has 0 spiro atoms. The maximum Gasteiger partial charge on any atom is 0.191 e. The highest BCUT2D eigenvalue weighted by Gasteiger charge is 2.33. The van der Waals surface area contributed by atoms with Crippen LogP contribution in [0.1, 0.15) is 12.5 Å². The minimum absolute atomic E-state index is 0. The molecule has 1 aliphatic heterocycles. The van der Waals surface area contributed by atoms with Gasteiger partial charge in [-0.3, -0.25) is 4.99 Å². The van der Waals surface area contributed by atoms with Crippen molar-refractivity contribution in [2.45, 2.75) is 13.5 Å². The monoisotopic (exact) mass is 435 g/mol. The number of benzene rings is 1. The Balaban J connectivity index is 0.00000264. The van der Waals surface area contributed by atoms with Gasteiger partial charge in [0, 0.05) is 25.6 Å². The molecule has 2 N–H and O–H groups in total. The first kappa shape index (κ1) is 19.8. The lowest BCUT2D eigenvalue weighted by molar-refractivity contribution is -0.0971. The molecule has 0 amide bonds. The maximum atomic E-state index is 5.31. The van der Waals surface area contributed by atoms with Crippen LogP contribution < -0.4 is 20.1 Å². The van der Waals surface area contributed by atoms with Crippen LogP contribution >= 0.6 is 24.0 Å². The number of hydrogen-bond acceptors (Lipinski definition) is 4. The first-order chi connectivity index (χ1) is 10.6. The molecule has 0 unspecified atom stereocenters. The molecule has 1 saturated heterocycles. The molecule has 1 aromatic carbocycles. The van der Waals surface area contributed by atoms with Gasteiger partial charge in [-0.15, -0.1) is 24.0 Å². The van der Waals surface area contributed by atoms with E-state index in [1.807, 2.05) is 18.2 Å². The van der Waals surface area contributed by atoms with Gasteiger partial charge < -0.3 is 24.8 Å². The van der Waals surface area contributed by atoms with Crippen LogP contribution in [0, 0.1) is 5.41 Å². The van der Waals surface area contributed by atoms with Crippen LogP contribution in [0.2, 0.25) is 0 Å². The van der Waals surface area contributed by atoms with E-state index in [-0.39, 0.29) is 29.4 Å². The third kappa shape index (κ3) is 5.42. The molecule has 130 valence electrons. The number of aliphatic imine (C=N–C) groups is 1. The molecule has 0 saturated carbocycles. The third-order valence-electron chi connectivity index (χ3n) is 3.72. The summed E-state index contributed by atoms with van der Waals surface area (Å²) in [5, 5.41) is 6.63. The molecule has 1 fully saturated rings. The van der Waals surface area contributed by atoms with E-state index in [0.29, 0.717) is 6.54 Å². The van der Waals surface area contributed by atoms with E-state index in [1.165, 1.54) is 0 Å². The average molecular weight is 435 g/mol. The van der Waals surface area contributed by atoms with Gasteiger partial charge in [-0.25, -0.2) is 0 Å². The van der Waals surface area contributed by atoms with Crippen molar-refractivity contribution in [3.8, 4) is 11.5 Å². The fourth-order valence-corrected chi connectivity index (χ4v) is 2.25. The van der Waals surface area contributed by atoms with Crippen LogP contribution in [0.3, 0.4) is 0 Å². The van der Waals surface area contributed by atoms with Crippen LogP contribution in [0.15, 0.2) is 23.2 Å². The number of rotatable bonds is 6. The molecule has 7 heteroatoms. The predicted molar refractivity (Wildman–Crippen MR) is 102 cm³/mol. The molecular weight excluding hydrogens is 409 g/mol. The van der Waals surface area contributed by atoms with E-state index in [1.54, 1.807) is 21.3 Å². The normalized spacial score (nSPS) is 15.9. The minimum Gasteiger partial charge on any atom is -0.493 e. The van der Waals surface area contributed by atoms with E-state index in [9.17, 15) is 0 Å². The number of methoxy groups -OCH3 is 2. The Morgan fingerprint density at radius 3 is 2.43 bits per heavy atom. The van der Waals surface area contributed by atoms with Crippen LogP contribution in [0.25, 0.3) is 0 Å². The van der Waals surface area contributed by atoms with Gasteiger partial charge in [0.2, 0.25) is 0 Å². The van der Waals surface area contributed by atoms with E-state index in [4.69, 9.17) is 14.2 Å². The summed E-state index contributed by atoms with van der Waals surface area (Å²) in [5.74, 6) is 2.23. The lowest BCUT2D eigenvalue weighted by Crippen LogP contribution is -2.50. The number of guanidine groups is 1. The van der Waals surface area contributed by atoms with E-state index in [2.05, 4.69) is 22.5 Å². The number of hydrogen-bond donors (Lipinski definition) is 2. The van der Waals surface area contributed by atoms with Crippen molar-refractivity contribution in [3.63, 3.8) is 0 Å². The van der Waals surface area contributed by atoms with Gasteiger partial charge >= 0.3 is 0 Å². The molecule has 1 aliphatic rings. The Morgan fingerprint density at radius 1 is 1.22 bits per heavy atom. The third-order valence-corrected chi connectivity index (χ3v) is 3.72. The van der Waals surface area contributed by atoms with Crippen molar-refractivity contribution >= 4 is 29.9 Å². The fraction of sp³-hybridized carbons (Fsp3) is 0.562. The lowest BCUT2D eigenvalue weighted by Gasteiger charge is -2.38. The zero-order chi connectivity index (χ0) is 16.0. The van der Waals surface area contributed by atoms with Crippen molar-refractivity contribution in [2.24, 2.45) is 10.4 Å². The zero-order valence-corrected chi connectivity index (χ0v) is 16.5. The first-order valence-corrected chi connectivity index (χ1v) is 7.33. The summed E-state index contributed by atoms with van der Waals surface area (Å²) in [6.07, 6.45) is 0. The van der Waals surface area contributed by atoms with Crippen molar-refractivity contribution in [2.75, 3.05) is 41.0 Å². The molecule has 23 heavy (non-hydrogen) atoms. The van der Waals surface area contributed by atoms with Gasteiger partial charge in [0.05, 0.1) is 27.4 Å². The summed E-state index contributed by atoms with van der Waals surface area (Å²) >= 11 is 0. The molecule has 0 atom stereocenters. The second kappa shape index (κ2) is 9.17. The molecule has 1 heterocycles.